The predicted octanol–water partition coefficient (Wildman–Crippen LogP) is 3.38. The van der Waals surface area contributed by atoms with Crippen molar-refractivity contribution in [2.75, 3.05) is 23.3 Å². The minimum absolute atomic E-state index is 0.00982. The second-order valence-corrected chi connectivity index (χ2v) is 7.60. The summed E-state index contributed by atoms with van der Waals surface area (Å²) >= 11 is 5.71. The molecule has 0 aliphatic carbocycles. The van der Waals surface area contributed by atoms with Gasteiger partial charge in [0.25, 0.3) is 5.91 Å². The molecule has 1 aliphatic rings. The lowest BCUT2D eigenvalue weighted by Crippen LogP contribution is -2.28. The van der Waals surface area contributed by atoms with Crippen molar-refractivity contribution in [3.8, 4) is 0 Å². The summed E-state index contributed by atoms with van der Waals surface area (Å²) < 4.78 is 33.7. The standard InChI is InChI=1S/C17H17ClFN3O3S/c18-14-10-12(1-2-15(14)19)21-17(23)11-3-6-20-16(9-11)22-26(24)13-4-7-25-8-5-13/h1-3,6,9-10,13H,4-5,7-8H2,(H,20,22)(H,21,23). The first-order valence-corrected chi connectivity index (χ1v) is 9.59. The Bertz CT molecular complexity index is 831. The van der Waals surface area contributed by atoms with Gasteiger partial charge in [0.2, 0.25) is 0 Å². The Morgan fingerprint density at radius 2 is 2.04 bits per heavy atom. The molecule has 138 valence electrons. The Labute approximate surface area is 157 Å². The number of amides is 1. The van der Waals surface area contributed by atoms with Gasteiger partial charge >= 0.3 is 0 Å². The molecule has 2 N–H and O–H groups in total. The highest BCUT2D eigenvalue weighted by molar-refractivity contribution is 7.87. The number of halogens is 2. The van der Waals surface area contributed by atoms with E-state index >= 15 is 0 Å². The van der Waals surface area contributed by atoms with Gasteiger partial charge in [-0.05, 0) is 43.2 Å². The number of nitrogens with one attached hydrogen (secondary N) is 2. The van der Waals surface area contributed by atoms with E-state index < -0.39 is 22.7 Å². The molecule has 2 heterocycles. The molecular formula is C17H17ClFN3O3S. The molecule has 1 atom stereocenters. The van der Waals surface area contributed by atoms with Crippen molar-refractivity contribution in [3.05, 3.63) is 52.9 Å². The molecule has 2 aromatic rings. The number of hydrogen-bond acceptors (Lipinski definition) is 4. The maximum absolute atomic E-state index is 13.2. The molecule has 1 saturated heterocycles. The second-order valence-electron chi connectivity index (χ2n) is 5.72. The Hall–Kier alpha value is -2.03. The Kier molecular flexibility index (Phi) is 6.18. The third kappa shape index (κ3) is 4.78. The molecule has 0 spiro atoms. The Balaban J connectivity index is 1.66. The molecule has 0 saturated carbocycles. The van der Waals surface area contributed by atoms with Gasteiger partial charge in [0, 0.05) is 30.7 Å². The molecule has 0 bridgehead atoms. The lowest BCUT2D eigenvalue weighted by Gasteiger charge is -2.21. The highest BCUT2D eigenvalue weighted by Gasteiger charge is 2.21. The first kappa shape index (κ1) is 18.8. The minimum Gasteiger partial charge on any atom is -0.381 e. The summed E-state index contributed by atoms with van der Waals surface area (Å²) in [5, 5.41) is 2.55. The number of pyridine rings is 1. The van der Waals surface area contributed by atoms with E-state index in [1.54, 1.807) is 0 Å². The number of aromatic nitrogens is 1. The van der Waals surface area contributed by atoms with Crippen molar-refractivity contribution in [2.45, 2.75) is 18.1 Å². The van der Waals surface area contributed by atoms with Gasteiger partial charge in [0.1, 0.15) is 22.6 Å². The third-order valence-electron chi connectivity index (χ3n) is 3.88. The SMILES string of the molecule is O=C(Nc1ccc(F)c(Cl)c1)c1ccnc(NS(=O)C2CCOCC2)c1. The predicted molar refractivity (Wildman–Crippen MR) is 99.2 cm³/mol. The molecule has 1 aromatic heterocycles. The number of carbonyl (C=O) groups is 1. The van der Waals surface area contributed by atoms with Crippen LogP contribution in [0.4, 0.5) is 15.9 Å². The lowest BCUT2D eigenvalue weighted by atomic mass is 10.2. The van der Waals surface area contributed by atoms with E-state index in [0.717, 1.165) is 0 Å². The van der Waals surface area contributed by atoms with E-state index in [4.69, 9.17) is 16.3 Å². The van der Waals surface area contributed by atoms with Crippen molar-refractivity contribution in [2.24, 2.45) is 0 Å². The highest BCUT2D eigenvalue weighted by atomic mass is 35.5. The summed E-state index contributed by atoms with van der Waals surface area (Å²) in [6, 6.07) is 6.96. The van der Waals surface area contributed by atoms with Gasteiger partial charge in [-0.15, -0.1) is 0 Å². The monoisotopic (exact) mass is 397 g/mol. The van der Waals surface area contributed by atoms with Crippen LogP contribution in [0.3, 0.4) is 0 Å². The second kappa shape index (κ2) is 8.57. The first-order valence-electron chi connectivity index (χ1n) is 8.00. The average molecular weight is 398 g/mol. The summed E-state index contributed by atoms with van der Waals surface area (Å²) in [7, 11) is -1.31. The van der Waals surface area contributed by atoms with Gasteiger partial charge in [-0.25, -0.2) is 13.6 Å². The van der Waals surface area contributed by atoms with E-state index in [-0.39, 0.29) is 10.3 Å². The average Bonchev–Trinajstić information content (AvgIpc) is 2.65. The fourth-order valence-electron chi connectivity index (χ4n) is 2.48. The summed E-state index contributed by atoms with van der Waals surface area (Å²) in [5.74, 6) is -0.620. The summed E-state index contributed by atoms with van der Waals surface area (Å²) in [6.07, 6.45) is 2.88. The van der Waals surface area contributed by atoms with E-state index in [1.165, 1.54) is 36.5 Å². The molecular weight excluding hydrogens is 381 g/mol. The van der Waals surface area contributed by atoms with Crippen LogP contribution in [-0.2, 0) is 15.7 Å². The quantitative estimate of drug-likeness (QED) is 0.810. The zero-order valence-corrected chi connectivity index (χ0v) is 15.3. The van der Waals surface area contributed by atoms with Gasteiger partial charge < -0.3 is 10.1 Å². The fraction of sp³-hybridized carbons (Fsp3) is 0.294. The van der Waals surface area contributed by atoms with Crippen LogP contribution in [-0.4, -0.2) is 33.6 Å². The van der Waals surface area contributed by atoms with Gasteiger partial charge in [-0.1, -0.05) is 11.6 Å². The molecule has 9 heteroatoms. The number of ether oxygens (including phenoxy) is 1. The maximum Gasteiger partial charge on any atom is 0.255 e. The highest BCUT2D eigenvalue weighted by Crippen LogP contribution is 2.20. The van der Waals surface area contributed by atoms with Crippen molar-refractivity contribution < 1.29 is 18.1 Å². The Morgan fingerprint density at radius 3 is 2.77 bits per heavy atom. The van der Waals surface area contributed by atoms with Crippen LogP contribution in [0.1, 0.15) is 23.2 Å². The van der Waals surface area contributed by atoms with Gasteiger partial charge in [0.15, 0.2) is 0 Å². The summed E-state index contributed by atoms with van der Waals surface area (Å²) in [4.78, 5) is 16.5. The normalized spacial score (nSPS) is 16.1. The smallest absolute Gasteiger partial charge is 0.255 e. The molecule has 26 heavy (non-hydrogen) atoms. The molecule has 1 unspecified atom stereocenters. The van der Waals surface area contributed by atoms with Crippen molar-refractivity contribution in [1.82, 2.24) is 4.98 Å². The minimum atomic E-state index is -1.31. The van der Waals surface area contributed by atoms with E-state index in [0.29, 0.717) is 43.1 Å². The maximum atomic E-state index is 13.2. The van der Waals surface area contributed by atoms with Crippen LogP contribution in [0.15, 0.2) is 36.5 Å². The van der Waals surface area contributed by atoms with E-state index in [9.17, 15) is 13.4 Å². The number of anilines is 2. The van der Waals surface area contributed by atoms with Gasteiger partial charge in [-0.3, -0.25) is 9.52 Å². The molecule has 1 fully saturated rings. The number of carbonyl (C=O) groups excluding carboxylic acids is 1. The van der Waals surface area contributed by atoms with E-state index in [2.05, 4.69) is 15.0 Å². The Morgan fingerprint density at radius 1 is 1.27 bits per heavy atom. The van der Waals surface area contributed by atoms with Gasteiger partial charge in [0.05, 0.1) is 10.3 Å². The molecule has 6 nitrogen and oxygen atoms in total. The van der Waals surface area contributed by atoms with Crippen LogP contribution in [0.25, 0.3) is 0 Å². The molecule has 1 aromatic carbocycles. The zero-order valence-electron chi connectivity index (χ0n) is 13.7. The van der Waals surface area contributed by atoms with Crippen LogP contribution >= 0.6 is 11.6 Å². The fourth-order valence-corrected chi connectivity index (χ4v) is 3.77. The van der Waals surface area contributed by atoms with Crippen molar-refractivity contribution in [3.63, 3.8) is 0 Å². The summed E-state index contributed by atoms with van der Waals surface area (Å²) in [6.45, 7) is 1.18. The number of benzene rings is 1. The number of rotatable bonds is 5. The molecule has 1 amide bonds. The molecule has 1 aliphatic heterocycles. The lowest BCUT2D eigenvalue weighted by molar-refractivity contribution is 0.0993. The van der Waals surface area contributed by atoms with E-state index in [1.807, 2.05) is 0 Å². The van der Waals surface area contributed by atoms with Gasteiger partial charge in [-0.2, -0.15) is 0 Å². The van der Waals surface area contributed by atoms with Crippen LogP contribution in [0, 0.1) is 5.82 Å². The number of nitrogens with zero attached hydrogens (tertiary/aromatic N) is 1. The van der Waals surface area contributed by atoms with Crippen molar-refractivity contribution in [1.29, 1.82) is 0 Å². The van der Waals surface area contributed by atoms with Crippen LogP contribution in [0.5, 0.6) is 0 Å². The third-order valence-corrected chi connectivity index (χ3v) is 5.65. The van der Waals surface area contributed by atoms with Crippen LogP contribution in [0.2, 0.25) is 5.02 Å². The first-order chi connectivity index (χ1) is 12.5. The number of hydrogen-bond donors (Lipinski definition) is 2. The topological polar surface area (TPSA) is 80.3 Å². The zero-order chi connectivity index (χ0) is 18.5. The largest absolute Gasteiger partial charge is 0.381 e. The van der Waals surface area contributed by atoms with Crippen molar-refractivity contribution >= 4 is 40.0 Å². The molecule has 3 rings (SSSR count). The van der Waals surface area contributed by atoms with Crippen LogP contribution < -0.4 is 10.0 Å². The summed E-state index contributed by atoms with van der Waals surface area (Å²) in [5.41, 5.74) is 0.699. The molecule has 0 radical (unpaired) electrons.